The zero-order valence-corrected chi connectivity index (χ0v) is 10.1. The second-order valence-electron chi connectivity index (χ2n) is 3.66. The number of aliphatic hydroxyl groups excluding tert-OH is 1. The Morgan fingerprint density at radius 3 is 2.75 bits per heavy atom. The average molecular weight is 234 g/mol. The molecule has 84 valence electrons. The number of rotatable bonds is 3. The van der Waals surface area contributed by atoms with Gasteiger partial charge in [-0.2, -0.15) is 0 Å². The van der Waals surface area contributed by atoms with Gasteiger partial charge in [-0.25, -0.2) is 0 Å². The Morgan fingerprint density at radius 2 is 2.12 bits per heavy atom. The normalized spacial score (nSPS) is 12.4. The van der Waals surface area contributed by atoms with Gasteiger partial charge in [-0.05, 0) is 30.0 Å². The second kappa shape index (κ2) is 4.68. The molecule has 1 aromatic carbocycles. The lowest BCUT2D eigenvalue weighted by atomic mass is 10.0. The van der Waals surface area contributed by atoms with E-state index in [4.69, 9.17) is 4.74 Å². The van der Waals surface area contributed by atoms with Gasteiger partial charge in [0.1, 0.15) is 11.9 Å². The number of hydrogen-bond donors (Lipinski definition) is 1. The molecule has 0 bridgehead atoms. The van der Waals surface area contributed by atoms with Crippen molar-refractivity contribution >= 4 is 11.3 Å². The summed E-state index contributed by atoms with van der Waals surface area (Å²) in [6.07, 6.45) is -0.601. The zero-order chi connectivity index (χ0) is 11.5. The Labute approximate surface area is 99.1 Å². The third-order valence-corrected chi connectivity index (χ3v) is 3.42. The van der Waals surface area contributed by atoms with Gasteiger partial charge in [0, 0.05) is 10.4 Å². The molecule has 1 N–H and O–H groups in total. The summed E-state index contributed by atoms with van der Waals surface area (Å²) in [7, 11) is 1.62. The van der Waals surface area contributed by atoms with Gasteiger partial charge in [-0.3, -0.25) is 0 Å². The fourth-order valence-electron chi connectivity index (χ4n) is 1.64. The van der Waals surface area contributed by atoms with Crippen molar-refractivity contribution in [2.24, 2.45) is 0 Å². The Morgan fingerprint density at radius 1 is 1.31 bits per heavy atom. The average Bonchev–Trinajstić information content (AvgIpc) is 2.81. The van der Waals surface area contributed by atoms with Gasteiger partial charge in [0.05, 0.1) is 7.11 Å². The summed E-state index contributed by atoms with van der Waals surface area (Å²) in [5.41, 5.74) is 1.94. The summed E-state index contributed by atoms with van der Waals surface area (Å²) in [5, 5.41) is 12.2. The molecule has 3 heteroatoms. The minimum Gasteiger partial charge on any atom is -0.496 e. The van der Waals surface area contributed by atoms with Crippen molar-refractivity contribution in [2.75, 3.05) is 7.11 Å². The number of methoxy groups -OCH3 is 1. The first-order chi connectivity index (χ1) is 7.72. The highest BCUT2D eigenvalue weighted by molar-refractivity contribution is 7.10. The number of ether oxygens (including phenoxy) is 1. The Bertz CT molecular complexity index is 463. The van der Waals surface area contributed by atoms with Crippen LogP contribution in [0.4, 0.5) is 0 Å². The number of thiophene rings is 1. The summed E-state index contributed by atoms with van der Waals surface area (Å²) < 4.78 is 5.29. The van der Waals surface area contributed by atoms with Crippen molar-refractivity contribution in [3.05, 3.63) is 51.7 Å². The van der Waals surface area contributed by atoms with Crippen LogP contribution in [0.1, 0.15) is 22.1 Å². The summed E-state index contributed by atoms with van der Waals surface area (Å²) in [6, 6.07) is 9.69. The second-order valence-corrected chi connectivity index (χ2v) is 4.64. The van der Waals surface area contributed by atoms with E-state index in [-0.39, 0.29) is 0 Å². The van der Waals surface area contributed by atoms with Crippen LogP contribution < -0.4 is 4.74 Å². The maximum Gasteiger partial charge on any atom is 0.125 e. The fourth-order valence-corrected chi connectivity index (χ4v) is 2.37. The predicted octanol–water partition coefficient (Wildman–Crippen LogP) is 3.15. The Hall–Kier alpha value is -1.32. The predicted molar refractivity (Wildman–Crippen MR) is 66.1 cm³/mol. The van der Waals surface area contributed by atoms with E-state index < -0.39 is 6.10 Å². The highest BCUT2D eigenvalue weighted by Crippen LogP contribution is 2.32. The first kappa shape index (κ1) is 11.2. The molecule has 2 nitrogen and oxygen atoms in total. The quantitative estimate of drug-likeness (QED) is 0.884. The molecule has 1 atom stereocenters. The molecule has 0 aliphatic rings. The lowest BCUT2D eigenvalue weighted by Gasteiger charge is -2.14. The molecule has 0 aliphatic heterocycles. The highest BCUT2D eigenvalue weighted by atomic mass is 32.1. The maximum atomic E-state index is 10.2. The summed E-state index contributed by atoms with van der Waals surface area (Å²) >= 11 is 1.54. The first-order valence-electron chi connectivity index (χ1n) is 5.08. The molecule has 0 amide bonds. The number of aryl methyl sites for hydroxylation is 1. The van der Waals surface area contributed by atoms with Gasteiger partial charge >= 0.3 is 0 Å². The molecule has 0 spiro atoms. The van der Waals surface area contributed by atoms with Crippen molar-refractivity contribution in [3.63, 3.8) is 0 Å². The van der Waals surface area contributed by atoms with Crippen LogP contribution in [0.2, 0.25) is 0 Å². The molecule has 0 aliphatic carbocycles. The third-order valence-electron chi connectivity index (χ3n) is 2.50. The van der Waals surface area contributed by atoms with Gasteiger partial charge < -0.3 is 9.84 Å². The van der Waals surface area contributed by atoms with Crippen molar-refractivity contribution in [2.45, 2.75) is 13.0 Å². The Balaban J connectivity index is 2.40. The largest absolute Gasteiger partial charge is 0.496 e. The SMILES string of the molecule is COc1cc(C)ccc1C(O)c1cccs1. The lowest BCUT2D eigenvalue weighted by Crippen LogP contribution is -2.00. The van der Waals surface area contributed by atoms with Crippen LogP contribution >= 0.6 is 11.3 Å². The monoisotopic (exact) mass is 234 g/mol. The number of aliphatic hydroxyl groups is 1. The van der Waals surface area contributed by atoms with Crippen LogP contribution in [0.5, 0.6) is 5.75 Å². The van der Waals surface area contributed by atoms with Gasteiger partial charge in [0.25, 0.3) is 0 Å². The van der Waals surface area contributed by atoms with Crippen LogP contribution in [-0.4, -0.2) is 12.2 Å². The van der Waals surface area contributed by atoms with Crippen molar-refractivity contribution in [1.82, 2.24) is 0 Å². The number of hydrogen-bond acceptors (Lipinski definition) is 3. The van der Waals surface area contributed by atoms with Crippen LogP contribution in [0.25, 0.3) is 0 Å². The molecule has 1 aromatic heterocycles. The molecule has 2 aromatic rings. The van der Waals surface area contributed by atoms with E-state index in [1.54, 1.807) is 18.4 Å². The standard InChI is InChI=1S/C13H14O2S/c1-9-5-6-10(11(8-9)15-2)13(14)12-4-3-7-16-12/h3-8,13-14H,1-2H3. The molecule has 0 saturated carbocycles. The molecular weight excluding hydrogens is 220 g/mol. The summed E-state index contributed by atoms with van der Waals surface area (Å²) in [6.45, 7) is 2.00. The van der Waals surface area contributed by atoms with Gasteiger partial charge in [-0.15, -0.1) is 11.3 Å². The van der Waals surface area contributed by atoms with Crippen molar-refractivity contribution in [3.8, 4) is 5.75 Å². The van der Waals surface area contributed by atoms with Gasteiger partial charge in [-0.1, -0.05) is 18.2 Å². The smallest absolute Gasteiger partial charge is 0.125 e. The number of benzene rings is 1. The molecular formula is C13H14O2S. The highest BCUT2D eigenvalue weighted by Gasteiger charge is 2.15. The van der Waals surface area contributed by atoms with E-state index in [2.05, 4.69) is 0 Å². The van der Waals surface area contributed by atoms with Crippen LogP contribution in [0, 0.1) is 6.92 Å². The zero-order valence-electron chi connectivity index (χ0n) is 9.31. The maximum absolute atomic E-state index is 10.2. The van der Waals surface area contributed by atoms with Gasteiger partial charge in [0.15, 0.2) is 0 Å². The van der Waals surface area contributed by atoms with Crippen LogP contribution in [0.3, 0.4) is 0 Å². The fraction of sp³-hybridized carbons (Fsp3) is 0.231. The molecule has 0 saturated heterocycles. The first-order valence-corrected chi connectivity index (χ1v) is 5.96. The van der Waals surface area contributed by atoms with E-state index in [0.29, 0.717) is 0 Å². The molecule has 2 rings (SSSR count). The summed E-state index contributed by atoms with van der Waals surface area (Å²) in [5.74, 6) is 0.737. The molecule has 0 fully saturated rings. The Kier molecular flexibility index (Phi) is 3.27. The molecule has 1 heterocycles. The minimum absolute atomic E-state index is 0.601. The molecule has 0 radical (unpaired) electrons. The van der Waals surface area contributed by atoms with Crippen LogP contribution in [-0.2, 0) is 0 Å². The topological polar surface area (TPSA) is 29.5 Å². The van der Waals surface area contributed by atoms with Crippen molar-refractivity contribution in [1.29, 1.82) is 0 Å². The minimum atomic E-state index is -0.601. The molecule has 1 unspecified atom stereocenters. The summed E-state index contributed by atoms with van der Waals surface area (Å²) in [4.78, 5) is 0.933. The van der Waals surface area contributed by atoms with E-state index in [1.807, 2.05) is 42.6 Å². The van der Waals surface area contributed by atoms with E-state index in [0.717, 1.165) is 21.8 Å². The van der Waals surface area contributed by atoms with Crippen molar-refractivity contribution < 1.29 is 9.84 Å². The third kappa shape index (κ3) is 2.10. The van der Waals surface area contributed by atoms with E-state index >= 15 is 0 Å². The van der Waals surface area contributed by atoms with Crippen LogP contribution in [0.15, 0.2) is 35.7 Å². The lowest BCUT2D eigenvalue weighted by molar-refractivity contribution is 0.218. The van der Waals surface area contributed by atoms with Gasteiger partial charge in [0.2, 0.25) is 0 Å². The van der Waals surface area contributed by atoms with E-state index in [1.165, 1.54) is 0 Å². The van der Waals surface area contributed by atoms with E-state index in [9.17, 15) is 5.11 Å². The molecule has 16 heavy (non-hydrogen) atoms.